The van der Waals surface area contributed by atoms with Crippen LogP contribution in [0, 0.1) is 13.8 Å². The molecule has 0 bridgehead atoms. The summed E-state index contributed by atoms with van der Waals surface area (Å²) in [5, 5.41) is 7.34. The highest BCUT2D eigenvalue weighted by atomic mass is 16.5. The number of benzene rings is 1. The number of rotatable bonds is 8. The second kappa shape index (κ2) is 9.56. The van der Waals surface area contributed by atoms with Crippen molar-refractivity contribution < 1.29 is 14.3 Å². The van der Waals surface area contributed by atoms with Crippen molar-refractivity contribution in [3.63, 3.8) is 0 Å². The zero-order valence-corrected chi connectivity index (χ0v) is 15.5. The maximum Gasteiger partial charge on any atom is 0.330 e. The Kier molecular flexibility index (Phi) is 7.14. The van der Waals surface area contributed by atoms with Crippen LogP contribution in [0.3, 0.4) is 0 Å². The SMILES string of the molecule is CC/C=C/C(=O)OCC(=O)NCc1c(C)nn(Cc2ccccc2)c1C. The number of carbonyl (C=O) groups is 2. The van der Waals surface area contributed by atoms with Crippen molar-refractivity contribution in [2.75, 3.05) is 6.61 Å². The van der Waals surface area contributed by atoms with Crippen molar-refractivity contribution in [2.24, 2.45) is 0 Å². The second-order valence-corrected chi connectivity index (χ2v) is 5.99. The molecule has 26 heavy (non-hydrogen) atoms. The molecule has 6 nitrogen and oxygen atoms in total. The smallest absolute Gasteiger partial charge is 0.330 e. The topological polar surface area (TPSA) is 73.2 Å². The molecule has 0 atom stereocenters. The molecule has 0 saturated carbocycles. The number of aryl methyl sites for hydroxylation is 1. The number of nitrogens with zero attached hydrogens (tertiary/aromatic N) is 2. The molecule has 0 radical (unpaired) electrons. The number of allylic oxidation sites excluding steroid dienone is 1. The molecule has 1 heterocycles. The van der Waals surface area contributed by atoms with Crippen molar-refractivity contribution in [3.8, 4) is 0 Å². The number of esters is 1. The summed E-state index contributed by atoms with van der Waals surface area (Å²) in [6.45, 7) is 6.57. The van der Waals surface area contributed by atoms with Gasteiger partial charge in [0.1, 0.15) is 0 Å². The van der Waals surface area contributed by atoms with Gasteiger partial charge in [-0.3, -0.25) is 9.48 Å². The Hall–Kier alpha value is -2.89. The van der Waals surface area contributed by atoms with Crippen LogP contribution in [0.1, 0.15) is 35.9 Å². The minimum absolute atomic E-state index is 0.289. The summed E-state index contributed by atoms with van der Waals surface area (Å²) in [6.07, 6.45) is 3.76. The predicted octanol–water partition coefficient (Wildman–Crippen LogP) is 2.67. The van der Waals surface area contributed by atoms with Gasteiger partial charge in [0.2, 0.25) is 0 Å². The summed E-state index contributed by atoms with van der Waals surface area (Å²) in [5.74, 6) is -0.845. The molecule has 6 heteroatoms. The van der Waals surface area contributed by atoms with Gasteiger partial charge in [0.25, 0.3) is 5.91 Å². The van der Waals surface area contributed by atoms with E-state index in [-0.39, 0.29) is 12.5 Å². The molecule has 2 rings (SSSR count). The lowest BCUT2D eigenvalue weighted by molar-refractivity contribution is -0.143. The molecule has 1 amide bonds. The summed E-state index contributed by atoms with van der Waals surface area (Å²) in [6, 6.07) is 10.1. The van der Waals surface area contributed by atoms with Gasteiger partial charge in [-0.1, -0.05) is 43.3 Å². The number of nitrogens with one attached hydrogen (secondary N) is 1. The molecule has 0 saturated heterocycles. The van der Waals surface area contributed by atoms with Gasteiger partial charge in [-0.25, -0.2) is 4.79 Å². The first-order valence-corrected chi connectivity index (χ1v) is 8.68. The fourth-order valence-electron chi connectivity index (χ4n) is 2.54. The summed E-state index contributed by atoms with van der Waals surface area (Å²) >= 11 is 0. The van der Waals surface area contributed by atoms with Crippen LogP contribution in [0.4, 0.5) is 0 Å². The van der Waals surface area contributed by atoms with Crippen LogP contribution >= 0.6 is 0 Å². The van der Waals surface area contributed by atoms with Crippen molar-refractivity contribution in [1.82, 2.24) is 15.1 Å². The average Bonchev–Trinajstić information content (AvgIpc) is 2.90. The zero-order valence-electron chi connectivity index (χ0n) is 15.5. The van der Waals surface area contributed by atoms with Gasteiger partial charge in [0, 0.05) is 23.9 Å². The van der Waals surface area contributed by atoms with Crippen molar-refractivity contribution in [1.29, 1.82) is 0 Å². The Bertz CT molecular complexity index is 779. The summed E-state index contributed by atoms with van der Waals surface area (Å²) in [7, 11) is 0. The van der Waals surface area contributed by atoms with E-state index in [1.54, 1.807) is 6.08 Å². The van der Waals surface area contributed by atoms with Gasteiger partial charge < -0.3 is 10.1 Å². The zero-order chi connectivity index (χ0) is 18.9. The van der Waals surface area contributed by atoms with Crippen LogP contribution in [0.25, 0.3) is 0 Å². The first-order valence-electron chi connectivity index (χ1n) is 8.68. The number of hydrogen-bond acceptors (Lipinski definition) is 4. The van der Waals surface area contributed by atoms with Crippen molar-refractivity contribution in [3.05, 3.63) is 65.0 Å². The third kappa shape index (κ3) is 5.58. The highest BCUT2D eigenvalue weighted by Crippen LogP contribution is 2.14. The summed E-state index contributed by atoms with van der Waals surface area (Å²) in [4.78, 5) is 23.2. The van der Waals surface area contributed by atoms with E-state index in [2.05, 4.69) is 22.5 Å². The Balaban J connectivity index is 1.90. The molecule has 1 aromatic heterocycles. The van der Waals surface area contributed by atoms with Gasteiger partial charge in [-0.05, 0) is 25.8 Å². The number of hydrogen-bond donors (Lipinski definition) is 1. The third-order valence-electron chi connectivity index (χ3n) is 4.00. The van der Waals surface area contributed by atoms with Crippen molar-refractivity contribution >= 4 is 11.9 Å². The van der Waals surface area contributed by atoms with Crippen LogP contribution in [0.2, 0.25) is 0 Å². The van der Waals surface area contributed by atoms with E-state index in [0.717, 1.165) is 23.4 Å². The van der Waals surface area contributed by atoms with E-state index in [9.17, 15) is 9.59 Å². The van der Waals surface area contributed by atoms with Gasteiger partial charge in [0.15, 0.2) is 6.61 Å². The molecule has 0 unspecified atom stereocenters. The average molecular weight is 355 g/mol. The lowest BCUT2D eigenvalue weighted by Crippen LogP contribution is -2.28. The third-order valence-corrected chi connectivity index (χ3v) is 4.00. The predicted molar refractivity (Wildman–Crippen MR) is 99.5 cm³/mol. The molecular formula is C20H25N3O3. The number of aromatic nitrogens is 2. The van der Waals surface area contributed by atoms with E-state index in [1.165, 1.54) is 11.6 Å². The molecule has 0 aliphatic heterocycles. The normalized spacial score (nSPS) is 10.9. The number of carbonyl (C=O) groups excluding carboxylic acids is 2. The minimum atomic E-state index is -0.509. The lowest BCUT2D eigenvalue weighted by Gasteiger charge is -2.07. The standard InChI is InChI=1S/C20H25N3O3/c1-4-5-11-20(25)26-14-19(24)21-12-18-15(2)22-23(16(18)3)13-17-9-7-6-8-10-17/h5-11H,4,12-14H2,1-3H3,(H,21,24)/b11-5+. The highest BCUT2D eigenvalue weighted by Gasteiger charge is 2.13. The van der Waals surface area contributed by atoms with E-state index < -0.39 is 5.97 Å². The lowest BCUT2D eigenvalue weighted by atomic mass is 10.2. The first-order chi connectivity index (χ1) is 12.5. The van der Waals surface area contributed by atoms with Crippen LogP contribution in [0.15, 0.2) is 42.5 Å². The van der Waals surface area contributed by atoms with Gasteiger partial charge in [-0.2, -0.15) is 5.10 Å². The Labute approximate surface area is 153 Å². The molecule has 0 fully saturated rings. The molecule has 0 spiro atoms. The van der Waals surface area contributed by atoms with E-state index in [4.69, 9.17) is 4.74 Å². The van der Waals surface area contributed by atoms with Gasteiger partial charge >= 0.3 is 5.97 Å². The number of ether oxygens (including phenoxy) is 1. The van der Waals surface area contributed by atoms with E-state index in [0.29, 0.717) is 13.1 Å². The molecule has 1 aromatic carbocycles. The maximum absolute atomic E-state index is 11.9. The quantitative estimate of drug-likeness (QED) is 0.584. The molecule has 0 aliphatic rings. The molecule has 2 aromatic rings. The molecular weight excluding hydrogens is 330 g/mol. The summed E-state index contributed by atoms with van der Waals surface area (Å²) in [5.41, 5.74) is 4.03. The molecule has 0 aliphatic carbocycles. The largest absolute Gasteiger partial charge is 0.452 e. The Morgan fingerprint density at radius 1 is 1.23 bits per heavy atom. The van der Waals surface area contributed by atoms with Crippen LogP contribution in [-0.2, 0) is 27.4 Å². The molecule has 1 N–H and O–H groups in total. The highest BCUT2D eigenvalue weighted by molar-refractivity contribution is 5.85. The maximum atomic E-state index is 11.9. The second-order valence-electron chi connectivity index (χ2n) is 5.99. The fourth-order valence-corrected chi connectivity index (χ4v) is 2.54. The van der Waals surface area contributed by atoms with Crippen LogP contribution in [0.5, 0.6) is 0 Å². The summed E-state index contributed by atoms with van der Waals surface area (Å²) < 4.78 is 6.81. The molecule has 138 valence electrons. The van der Waals surface area contributed by atoms with Gasteiger partial charge in [-0.15, -0.1) is 0 Å². The van der Waals surface area contributed by atoms with Gasteiger partial charge in [0.05, 0.1) is 12.2 Å². The first kappa shape index (κ1) is 19.4. The monoisotopic (exact) mass is 355 g/mol. The Morgan fingerprint density at radius 3 is 2.65 bits per heavy atom. The van der Waals surface area contributed by atoms with Crippen molar-refractivity contribution in [2.45, 2.75) is 40.3 Å². The van der Waals surface area contributed by atoms with Crippen LogP contribution < -0.4 is 5.32 Å². The fraction of sp³-hybridized carbons (Fsp3) is 0.350. The minimum Gasteiger partial charge on any atom is -0.452 e. The van der Waals surface area contributed by atoms with Crippen LogP contribution in [-0.4, -0.2) is 28.3 Å². The Morgan fingerprint density at radius 2 is 1.96 bits per heavy atom. The van der Waals surface area contributed by atoms with E-state index >= 15 is 0 Å². The number of amides is 1. The van der Waals surface area contributed by atoms with E-state index in [1.807, 2.05) is 43.7 Å².